The molecule has 248 valence electrons. The molecule has 0 radical (unpaired) electrons. The molecule has 0 amide bonds. The molecule has 0 fully saturated rings. The molecule has 0 saturated heterocycles. The van der Waals surface area contributed by atoms with Crippen molar-refractivity contribution in [3.05, 3.63) is 198 Å². The second-order valence-corrected chi connectivity index (χ2v) is 15.0. The van der Waals surface area contributed by atoms with E-state index < -0.39 is 5.41 Å². The van der Waals surface area contributed by atoms with Crippen molar-refractivity contribution >= 4 is 48.6 Å². The van der Waals surface area contributed by atoms with Crippen LogP contribution in [0.25, 0.3) is 42.4 Å². The van der Waals surface area contributed by atoms with E-state index >= 15 is 0 Å². The quantitative estimate of drug-likeness (QED) is 0.184. The van der Waals surface area contributed by atoms with Crippen molar-refractivity contribution < 1.29 is 9.47 Å². The average molecular weight is 696 g/mol. The molecule has 12 rings (SSSR count). The molecule has 3 aliphatic rings. The van der Waals surface area contributed by atoms with Gasteiger partial charge in [0.25, 0.3) is 0 Å². The van der Waals surface area contributed by atoms with Gasteiger partial charge < -0.3 is 14.4 Å². The van der Waals surface area contributed by atoms with E-state index in [1.54, 1.807) is 0 Å². The van der Waals surface area contributed by atoms with Gasteiger partial charge in [0.05, 0.1) is 11.1 Å². The van der Waals surface area contributed by atoms with Crippen LogP contribution in [0.5, 0.6) is 23.0 Å². The second kappa shape index (κ2) is 10.7. The topological polar surface area (TPSA) is 21.7 Å². The number of rotatable bonds is 3. The Bertz CT molecular complexity index is 2930. The van der Waals surface area contributed by atoms with Crippen LogP contribution >= 0.6 is 11.3 Å². The summed E-state index contributed by atoms with van der Waals surface area (Å²) in [7, 11) is 0. The Labute approximate surface area is 310 Å². The maximum atomic E-state index is 7.29. The highest BCUT2D eigenvalue weighted by molar-refractivity contribution is 7.25. The summed E-state index contributed by atoms with van der Waals surface area (Å²) in [6.07, 6.45) is 0. The molecular weight excluding hydrogens is 667 g/mol. The van der Waals surface area contributed by atoms with Crippen LogP contribution in [0.2, 0.25) is 0 Å². The normalized spacial score (nSPS) is 13.7. The third kappa shape index (κ3) is 3.83. The Morgan fingerprint density at radius 1 is 0.415 bits per heavy atom. The molecule has 2 aliphatic carbocycles. The highest BCUT2D eigenvalue weighted by Crippen LogP contribution is 2.66. The van der Waals surface area contributed by atoms with Crippen molar-refractivity contribution in [1.82, 2.24) is 0 Å². The molecule has 0 saturated carbocycles. The third-order valence-corrected chi connectivity index (χ3v) is 12.5. The number of benzene rings is 8. The first-order valence-electron chi connectivity index (χ1n) is 18.0. The number of thiophene rings is 1. The van der Waals surface area contributed by atoms with Crippen LogP contribution < -0.4 is 14.4 Å². The zero-order valence-corrected chi connectivity index (χ0v) is 29.2. The SMILES string of the molecule is c1ccc(N(c2ccc3sc4ccccc4c3c2)c2cccc3c2Oc2c(ccc4c2-c2ccccc2C42c4ccccc4-c4ccccc42)O3)cc1. The maximum absolute atomic E-state index is 7.29. The molecule has 1 aliphatic heterocycles. The van der Waals surface area contributed by atoms with Crippen molar-refractivity contribution in [1.29, 1.82) is 0 Å². The van der Waals surface area contributed by atoms with Gasteiger partial charge in [0.15, 0.2) is 23.0 Å². The smallest absolute Gasteiger partial charge is 0.194 e. The van der Waals surface area contributed by atoms with Gasteiger partial charge in [-0.2, -0.15) is 0 Å². The molecule has 0 unspecified atom stereocenters. The number of para-hydroxylation sites is 2. The van der Waals surface area contributed by atoms with Crippen LogP contribution in [-0.4, -0.2) is 0 Å². The minimum atomic E-state index is -0.466. The number of ether oxygens (including phenoxy) is 2. The number of hydrogen-bond acceptors (Lipinski definition) is 4. The lowest BCUT2D eigenvalue weighted by atomic mass is 9.70. The Kier molecular flexibility index (Phi) is 5.86. The standard InChI is InChI=1S/C49H29NO2S/c1-2-13-30(14-3-1)50(31-25-28-45-36(29-31)34-17-7-11-24-44(34)53-45)41-22-12-23-42-47(41)52-48-43(51-42)27-26-40-46(48)35-18-6-10-21-39(35)49(40)37-19-8-4-15-32(37)33-16-5-9-20-38(33)49/h1-29H. The molecule has 53 heavy (non-hydrogen) atoms. The van der Waals surface area contributed by atoms with E-state index in [0.717, 1.165) is 34.1 Å². The number of anilines is 3. The Hall–Kier alpha value is -6.62. The van der Waals surface area contributed by atoms with Gasteiger partial charge in [-0.15, -0.1) is 11.3 Å². The van der Waals surface area contributed by atoms with Crippen LogP contribution in [-0.2, 0) is 5.41 Å². The molecule has 4 heteroatoms. The summed E-state index contributed by atoms with van der Waals surface area (Å²) in [5.41, 5.74) is 12.4. The summed E-state index contributed by atoms with van der Waals surface area (Å²) < 4.78 is 16.7. The van der Waals surface area contributed by atoms with E-state index in [0.29, 0.717) is 11.5 Å². The Morgan fingerprint density at radius 2 is 1.06 bits per heavy atom. The molecule has 3 nitrogen and oxygen atoms in total. The maximum Gasteiger partial charge on any atom is 0.194 e. The van der Waals surface area contributed by atoms with Crippen LogP contribution in [0.3, 0.4) is 0 Å². The number of nitrogens with zero attached hydrogens (tertiary/aromatic N) is 1. The molecule has 2 heterocycles. The van der Waals surface area contributed by atoms with Gasteiger partial charge in [-0.1, -0.05) is 121 Å². The summed E-state index contributed by atoms with van der Waals surface area (Å²) >= 11 is 1.83. The summed E-state index contributed by atoms with van der Waals surface area (Å²) in [4.78, 5) is 2.29. The lowest BCUT2D eigenvalue weighted by Crippen LogP contribution is -2.25. The van der Waals surface area contributed by atoms with E-state index in [2.05, 4.69) is 175 Å². The first-order chi connectivity index (χ1) is 26.3. The molecule has 0 atom stereocenters. The number of hydrogen-bond donors (Lipinski definition) is 0. The Morgan fingerprint density at radius 3 is 1.85 bits per heavy atom. The van der Waals surface area contributed by atoms with Gasteiger partial charge in [-0.25, -0.2) is 0 Å². The molecule has 1 aromatic heterocycles. The van der Waals surface area contributed by atoms with Gasteiger partial charge in [-0.3, -0.25) is 0 Å². The molecular formula is C49H29NO2S. The highest BCUT2D eigenvalue weighted by Gasteiger charge is 2.53. The van der Waals surface area contributed by atoms with Crippen LogP contribution in [0.4, 0.5) is 17.1 Å². The summed E-state index contributed by atoms with van der Waals surface area (Å²) in [6, 6.07) is 63.1. The largest absolute Gasteiger partial charge is 0.449 e. The molecule has 0 bridgehead atoms. The fourth-order valence-electron chi connectivity index (χ4n) is 9.26. The van der Waals surface area contributed by atoms with Gasteiger partial charge in [0.2, 0.25) is 0 Å². The van der Waals surface area contributed by atoms with Crippen molar-refractivity contribution in [2.24, 2.45) is 0 Å². The molecule has 1 spiro atoms. The van der Waals surface area contributed by atoms with E-state index in [9.17, 15) is 0 Å². The lowest BCUT2D eigenvalue weighted by Gasteiger charge is -2.32. The van der Waals surface area contributed by atoms with E-state index in [1.807, 2.05) is 17.4 Å². The summed E-state index contributed by atoms with van der Waals surface area (Å²) in [5, 5.41) is 2.51. The lowest BCUT2D eigenvalue weighted by molar-refractivity contribution is 0.361. The fourth-order valence-corrected chi connectivity index (χ4v) is 10.3. The zero-order chi connectivity index (χ0) is 34.7. The van der Waals surface area contributed by atoms with Crippen molar-refractivity contribution in [2.75, 3.05) is 4.90 Å². The number of fused-ring (bicyclic) bond motifs is 16. The predicted molar refractivity (Wildman–Crippen MR) is 217 cm³/mol. The van der Waals surface area contributed by atoms with Crippen LogP contribution in [0.15, 0.2) is 176 Å². The minimum absolute atomic E-state index is 0.466. The van der Waals surface area contributed by atoms with Gasteiger partial charge in [0, 0.05) is 37.1 Å². The van der Waals surface area contributed by atoms with Gasteiger partial charge >= 0.3 is 0 Å². The van der Waals surface area contributed by atoms with Crippen molar-refractivity contribution in [3.63, 3.8) is 0 Å². The van der Waals surface area contributed by atoms with E-state index in [4.69, 9.17) is 9.47 Å². The predicted octanol–water partition coefficient (Wildman–Crippen LogP) is 13.8. The Balaban J connectivity index is 1.08. The monoisotopic (exact) mass is 695 g/mol. The third-order valence-electron chi connectivity index (χ3n) is 11.3. The van der Waals surface area contributed by atoms with E-state index in [-0.39, 0.29) is 0 Å². The van der Waals surface area contributed by atoms with Gasteiger partial charge in [0.1, 0.15) is 0 Å². The molecule has 8 aromatic carbocycles. The fraction of sp³-hybridized carbons (Fsp3) is 0.0204. The van der Waals surface area contributed by atoms with Gasteiger partial charge in [-0.05, 0) is 93.5 Å². The van der Waals surface area contributed by atoms with E-state index in [1.165, 1.54) is 59.1 Å². The highest BCUT2D eigenvalue weighted by atomic mass is 32.1. The summed E-state index contributed by atoms with van der Waals surface area (Å²) in [6.45, 7) is 0. The van der Waals surface area contributed by atoms with Crippen LogP contribution in [0.1, 0.15) is 22.3 Å². The zero-order valence-electron chi connectivity index (χ0n) is 28.4. The first kappa shape index (κ1) is 29.0. The first-order valence-corrected chi connectivity index (χ1v) is 18.8. The molecule has 9 aromatic rings. The van der Waals surface area contributed by atoms with Crippen molar-refractivity contribution in [3.8, 4) is 45.3 Å². The minimum Gasteiger partial charge on any atom is -0.449 e. The molecule has 0 N–H and O–H groups in total. The second-order valence-electron chi connectivity index (χ2n) is 14.0. The van der Waals surface area contributed by atoms with Crippen molar-refractivity contribution in [2.45, 2.75) is 5.41 Å². The van der Waals surface area contributed by atoms with Crippen LogP contribution in [0, 0.1) is 0 Å². The summed E-state index contributed by atoms with van der Waals surface area (Å²) in [5.74, 6) is 2.85. The average Bonchev–Trinajstić information content (AvgIpc) is 3.85.